The molecule has 2 heterocycles. The summed E-state index contributed by atoms with van der Waals surface area (Å²) in [5, 5.41) is 12.0. The molecule has 1 N–H and O–H groups in total. The van der Waals surface area contributed by atoms with Gasteiger partial charge >= 0.3 is 0 Å². The molecule has 6 nitrogen and oxygen atoms in total. The van der Waals surface area contributed by atoms with Crippen molar-refractivity contribution in [2.24, 2.45) is 0 Å². The van der Waals surface area contributed by atoms with Crippen LogP contribution in [-0.2, 0) is 4.79 Å². The van der Waals surface area contributed by atoms with Crippen LogP contribution in [0.15, 0.2) is 87.0 Å². The third kappa shape index (κ3) is 3.90. The zero-order chi connectivity index (χ0) is 24.9. The van der Waals surface area contributed by atoms with Gasteiger partial charge in [0.05, 0.1) is 23.7 Å². The average Bonchev–Trinajstić information content (AvgIpc) is 3.37. The lowest BCUT2D eigenvalue weighted by molar-refractivity contribution is -0.117. The maximum atomic E-state index is 13.7. The number of anilines is 1. The predicted molar refractivity (Wildman–Crippen MR) is 137 cm³/mol. The topological polar surface area (TPSA) is 80.0 Å². The lowest BCUT2D eigenvalue weighted by Crippen LogP contribution is -2.31. The molecule has 3 aromatic carbocycles. The minimum atomic E-state index is -0.888. The zero-order valence-electron chi connectivity index (χ0n) is 18.7. The number of benzene rings is 3. The Labute approximate surface area is 214 Å². The van der Waals surface area contributed by atoms with Crippen LogP contribution in [0.5, 0.6) is 5.75 Å². The third-order valence-corrected chi connectivity index (χ3v) is 6.84. The lowest BCUT2D eigenvalue weighted by Gasteiger charge is -2.28. The van der Waals surface area contributed by atoms with Crippen molar-refractivity contribution in [1.82, 2.24) is 0 Å². The number of carbonyl (C=O) groups excluding carboxylic acids is 2. The highest BCUT2D eigenvalue weighted by Gasteiger charge is 2.46. The number of nitrogens with zero attached hydrogens (tertiary/aromatic N) is 1. The van der Waals surface area contributed by atoms with E-state index in [2.05, 4.69) is 15.9 Å². The van der Waals surface area contributed by atoms with Crippen molar-refractivity contribution in [3.05, 3.63) is 104 Å². The molecule has 176 valence electrons. The summed E-state index contributed by atoms with van der Waals surface area (Å²) in [4.78, 5) is 28.5. The monoisotopic (exact) mass is 551 g/mol. The van der Waals surface area contributed by atoms with E-state index in [1.165, 1.54) is 12.0 Å². The lowest BCUT2D eigenvalue weighted by atomic mass is 9.92. The van der Waals surface area contributed by atoms with E-state index < -0.39 is 23.5 Å². The van der Waals surface area contributed by atoms with Gasteiger partial charge in [0.25, 0.3) is 5.91 Å². The van der Waals surface area contributed by atoms with Gasteiger partial charge < -0.3 is 14.3 Å². The normalized spacial score (nSPS) is 15.8. The van der Waals surface area contributed by atoms with Crippen LogP contribution >= 0.6 is 27.5 Å². The van der Waals surface area contributed by atoms with Gasteiger partial charge in [0.1, 0.15) is 11.3 Å². The fourth-order valence-corrected chi connectivity index (χ4v) is 4.99. The van der Waals surface area contributed by atoms with Gasteiger partial charge in [-0.15, -0.1) is 0 Å². The first-order chi connectivity index (χ1) is 16.8. The largest absolute Gasteiger partial charge is 0.503 e. The van der Waals surface area contributed by atoms with E-state index >= 15 is 0 Å². The van der Waals surface area contributed by atoms with Crippen molar-refractivity contribution in [2.45, 2.75) is 13.0 Å². The number of aliphatic hydroxyl groups is 1. The molecule has 0 radical (unpaired) electrons. The van der Waals surface area contributed by atoms with Gasteiger partial charge in [0.2, 0.25) is 5.78 Å². The maximum absolute atomic E-state index is 13.7. The number of amides is 1. The summed E-state index contributed by atoms with van der Waals surface area (Å²) in [5.74, 6) is -1.44. The molecule has 5 rings (SSSR count). The zero-order valence-corrected chi connectivity index (χ0v) is 21.1. The first kappa shape index (κ1) is 23.2. The quantitative estimate of drug-likeness (QED) is 0.271. The van der Waals surface area contributed by atoms with Crippen LogP contribution in [-0.4, -0.2) is 23.9 Å². The molecule has 35 heavy (non-hydrogen) atoms. The fraction of sp³-hybridized carbons (Fsp3) is 0.111. The molecule has 0 bridgehead atoms. The minimum Gasteiger partial charge on any atom is -0.503 e. The van der Waals surface area contributed by atoms with Gasteiger partial charge in [-0.1, -0.05) is 51.8 Å². The van der Waals surface area contributed by atoms with Crippen LogP contribution < -0.4 is 9.64 Å². The van der Waals surface area contributed by atoms with Crippen molar-refractivity contribution < 1.29 is 23.8 Å². The van der Waals surface area contributed by atoms with Crippen LogP contribution in [0.25, 0.3) is 11.0 Å². The number of fused-ring (bicyclic) bond motifs is 1. The van der Waals surface area contributed by atoms with E-state index in [1.54, 1.807) is 36.4 Å². The minimum absolute atomic E-state index is 0.0284. The van der Waals surface area contributed by atoms with Crippen LogP contribution in [0.4, 0.5) is 5.69 Å². The van der Waals surface area contributed by atoms with Crippen molar-refractivity contribution in [3.8, 4) is 5.75 Å². The number of Topliss-reactive ketones (excluding diaryl/α,β-unsaturated/α-hetero) is 1. The van der Waals surface area contributed by atoms with Crippen LogP contribution in [0.2, 0.25) is 5.02 Å². The highest BCUT2D eigenvalue weighted by Crippen LogP contribution is 2.44. The summed E-state index contributed by atoms with van der Waals surface area (Å²) < 4.78 is 11.9. The van der Waals surface area contributed by atoms with E-state index in [0.29, 0.717) is 27.6 Å². The van der Waals surface area contributed by atoms with E-state index in [-0.39, 0.29) is 11.3 Å². The van der Waals surface area contributed by atoms with Crippen molar-refractivity contribution in [3.63, 3.8) is 0 Å². The third-order valence-electron chi connectivity index (χ3n) is 6.05. The standard InChI is InChI=1S/C27H19BrClNO5/c1-14-5-3-4-6-18(14)24-23(25(31)22-12-15-11-16(28)7-9-20(15)35-22)26(32)27(33)30(24)17-8-10-21(34-2)19(29)13-17/h3-13,24,32H,1-2H3. The van der Waals surface area contributed by atoms with Crippen LogP contribution in [0.1, 0.15) is 27.7 Å². The number of halogens is 2. The SMILES string of the molecule is COc1ccc(N2C(=O)C(O)=C(C(=O)c3cc4cc(Br)ccc4o3)C2c2ccccc2C)cc1Cl. The molecule has 1 aliphatic heterocycles. The molecule has 1 amide bonds. The number of ketones is 1. The molecular weight excluding hydrogens is 534 g/mol. The van der Waals surface area contributed by atoms with Crippen molar-refractivity contribution in [2.75, 3.05) is 12.0 Å². The molecule has 0 fully saturated rings. The second-order valence-corrected chi connectivity index (χ2v) is 9.46. The Balaban J connectivity index is 1.67. The number of ether oxygens (including phenoxy) is 1. The molecule has 1 atom stereocenters. The van der Waals surface area contributed by atoms with E-state index in [4.69, 9.17) is 20.8 Å². The first-order valence-corrected chi connectivity index (χ1v) is 11.9. The van der Waals surface area contributed by atoms with E-state index in [0.717, 1.165) is 15.4 Å². The highest BCUT2D eigenvalue weighted by molar-refractivity contribution is 9.10. The number of hydrogen-bond donors (Lipinski definition) is 1. The van der Waals surface area contributed by atoms with Gasteiger partial charge in [0, 0.05) is 15.5 Å². The van der Waals surface area contributed by atoms with Gasteiger partial charge in [-0.2, -0.15) is 0 Å². The number of methoxy groups -OCH3 is 1. The first-order valence-electron chi connectivity index (χ1n) is 10.7. The van der Waals surface area contributed by atoms with Gasteiger partial charge in [-0.25, -0.2) is 0 Å². The number of aryl methyl sites for hydroxylation is 1. The Kier molecular flexibility index (Phi) is 5.91. The van der Waals surface area contributed by atoms with Gasteiger partial charge in [0.15, 0.2) is 11.5 Å². The van der Waals surface area contributed by atoms with Gasteiger partial charge in [-0.05, 0) is 60.5 Å². The maximum Gasteiger partial charge on any atom is 0.294 e. The summed E-state index contributed by atoms with van der Waals surface area (Å²) in [5.41, 5.74) is 2.42. The second-order valence-electron chi connectivity index (χ2n) is 8.14. The molecule has 0 aliphatic carbocycles. The average molecular weight is 553 g/mol. The highest BCUT2D eigenvalue weighted by atomic mass is 79.9. The molecule has 1 aromatic heterocycles. The van der Waals surface area contributed by atoms with E-state index in [9.17, 15) is 14.7 Å². The summed E-state index contributed by atoms with van der Waals surface area (Å²) in [6.45, 7) is 1.88. The summed E-state index contributed by atoms with van der Waals surface area (Å²) in [7, 11) is 1.49. The Morgan fingerprint density at radius 3 is 2.60 bits per heavy atom. The smallest absolute Gasteiger partial charge is 0.294 e. The Hall–Kier alpha value is -3.55. The number of carbonyl (C=O) groups is 2. The number of aliphatic hydroxyl groups excluding tert-OH is 1. The predicted octanol–water partition coefficient (Wildman–Crippen LogP) is 6.95. The van der Waals surface area contributed by atoms with Crippen LogP contribution in [0, 0.1) is 6.92 Å². The molecule has 0 saturated heterocycles. The van der Waals surface area contributed by atoms with Crippen molar-refractivity contribution in [1.29, 1.82) is 0 Å². The van der Waals surface area contributed by atoms with Gasteiger partial charge in [-0.3, -0.25) is 14.5 Å². The molecule has 1 aliphatic rings. The summed E-state index contributed by atoms with van der Waals surface area (Å²) in [6.07, 6.45) is 0. The summed E-state index contributed by atoms with van der Waals surface area (Å²) in [6, 6.07) is 18.4. The number of rotatable bonds is 5. The molecule has 1 unspecified atom stereocenters. The number of hydrogen-bond acceptors (Lipinski definition) is 5. The molecule has 0 spiro atoms. The fourth-order valence-electron chi connectivity index (χ4n) is 4.36. The molecular formula is C27H19BrClNO5. The van der Waals surface area contributed by atoms with Crippen LogP contribution in [0.3, 0.4) is 0 Å². The Bertz CT molecular complexity index is 1540. The molecule has 4 aromatic rings. The Morgan fingerprint density at radius 1 is 1.11 bits per heavy atom. The second kappa shape index (κ2) is 8.91. The summed E-state index contributed by atoms with van der Waals surface area (Å²) >= 11 is 9.76. The molecule has 8 heteroatoms. The molecule has 0 saturated carbocycles. The van der Waals surface area contributed by atoms with Crippen molar-refractivity contribution >= 4 is 55.9 Å². The Morgan fingerprint density at radius 2 is 1.89 bits per heavy atom. The van der Waals surface area contributed by atoms with E-state index in [1.807, 2.05) is 37.3 Å². The number of furan rings is 1.